The maximum absolute atomic E-state index is 12.4. The van der Waals surface area contributed by atoms with Crippen LogP contribution >= 0.6 is 0 Å². The number of likely N-dealkylation sites (N-methyl/N-ethyl adjacent to an activating group) is 1. The molecule has 0 saturated carbocycles. The first kappa shape index (κ1) is 16.5. The van der Waals surface area contributed by atoms with Gasteiger partial charge < -0.3 is 15.0 Å². The number of carbonyl (C=O) groups excluding carboxylic acids is 2. The molecule has 1 aliphatic heterocycles. The lowest BCUT2D eigenvalue weighted by molar-refractivity contribution is -0.126. The maximum Gasteiger partial charge on any atom is 0.267 e. The molecule has 0 bridgehead atoms. The molecule has 0 aliphatic carbocycles. The van der Waals surface area contributed by atoms with Crippen LogP contribution in [0.25, 0.3) is 0 Å². The Morgan fingerprint density at radius 1 is 1.28 bits per heavy atom. The highest BCUT2D eigenvalue weighted by Gasteiger charge is 2.31. The SMILES string of the molecule is CN1C(=O)C(CCNC(=O)c2cccc(C#N)c2)Oc2ccccc21. The van der Waals surface area contributed by atoms with Gasteiger partial charge in [-0.15, -0.1) is 0 Å². The average molecular weight is 335 g/mol. The number of rotatable bonds is 4. The predicted molar refractivity (Wildman–Crippen MR) is 92.4 cm³/mol. The number of para-hydroxylation sites is 2. The Morgan fingerprint density at radius 2 is 2.08 bits per heavy atom. The summed E-state index contributed by atoms with van der Waals surface area (Å²) < 4.78 is 5.75. The molecule has 3 rings (SSSR count). The summed E-state index contributed by atoms with van der Waals surface area (Å²) in [6.07, 6.45) is -0.271. The summed E-state index contributed by atoms with van der Waals surface area (Å²) in [5.74, 6) is 0.233. The molecule has 6 nitrogen and oxygen atoms in total. The molecular formula is C19H17N3O3. The van der Waals surface area contributed by atoms with Crippen LogP contribution in [0.3, 0.4) is 0 Å². The number of nitrogens with zero attached hydrogens (tertiary/aromatic N) is 2. The van der Waals surface area contributed by atoms with Crippen molar-refractivity contribution in [2.75, 3.05) is 18.5 Å². The number of hydrogen-bond acceptors (Lipinski definition) is 4. The van der Waals surface area contributed by atoms with Crippen LogP contribution in [0.1, 0.15) is 22.3 Å². The van der Waals surface area contributed by atoms with E-state index in [0.717, 1.165) is 5.69 Å². The molecule has 2 aromatic carbocycles. The third-order valence-corrected chi connectivity index (χ3v) is 4.05. The second-order valence-electron chi connectivity index (χ2n) is 5.71. The number of fused-ring (bicyclic) bond motifs is 1. The van der Waals surface area contributed by atoms with E-state index >= 15 is 0 Å². The topological polar surface area (TPSA) is 82.4 Å². The Kier molecular flexibility index (Phi) is 4.66. The van der Waals surface area contributed by atoms with Gasteiger partial charge in [0.2, 0.25) is 0 Å². The molecule has 0 aromatic heterocycles. The monoisotopic (exact) mass is 335 g/mol. The first-order valence-electron chi connectivity index (χ1n) is 7.92. The minimum absolute atomic E-state index is 0.139. The van der Waals surface area contributed by atoms with E-state index in [0.29, 0.717) is 29.8 Å². The van der Waals surface area contributed by atoms with E-state index in [1.807, 2.05) is 30.3 Å². The van der Waals surface area contributed by atoms with Crippen molar-refractivity contribution in [2.45, 2.75) is 12.5 Å². The molecule has 25 heavy (non-hydrogen) atoms. The lowest BCUT2D eigenvalue weighted by Gasteiger charge is -2.31. The number of carbonyl (C=O) groups is 2. The van der Waals surface area contributed by atoms with E-state index < -0.39 is 6.10 Å². The van der Waals surface area contributed by atoms with Gasteiger partial charge in [0.05, 0.1) is 17.3 Å². The largest absolute Gasteiger partial charge is 0.478 e. The minimum atomic E-state index is -0.634. The summed E-state index contributed by atoms with van der Waals surface area (Å²) in [6.45, 7) is 0.294. The number of hydrogen-bond donors (Lipinski definition) is 1. The Balaban J connectivity index is 1.60. The third-order valence-electron chi connectivity index (χ3n) is 4.05. The predicted octanol–water partition coefficient (Wildman–Crippen LogP) is 2.10. The second-order valence-corrected chi connectivity index (χ2v) is 5.71. The van der Waals surface area contributed by atoms with Crippen molar-refractivity contribution in [3.63, 3.8) is 0 Å². The van der Waals surface area contributed by atoms with E-state index in [-0.39, 0.29) is 11.8 Å². The first-order chi connectivity index (χ1) is 12.1. The van der Waals surface area contributed by atoms with Crippen LogP contribution < -0.4 is 15.0 Å². The number of amides is 2. The molecule has 1 atom stereocenters. The lowest BCUT2D eigenvalue weighted by atomic mass is 10.1. The summed E-state index contributed by atoms with van der Waals surface area (Å²) in [6, 6.07) is 15.8. The zero-order chi connectivity index (χ0) is 17.8. The van der Waals surface area contributed by atoms with Gasteiger partial charge in [-0.3, -0.25) is 9.59 Å². The Morgan fingerprint density at radius 3 is 2.88 bits per heavy atom. The summed E-state index contributed by atoms with van der Waals surface area (Å²) in [4.78, 5) is 26.1. The summed E-state index contributed by atoms with van der Waals surface area (Å²) in [5.41, 5.74) is 1.58. The fourth-order valence-electron chi connectivity index (χ4n) is 2.70. The molecule has 1 aliphatic rings. The van der Waals surface area contributed by atoms with Crippen molar-refractivity contribution in [1.29, 1.82) is 5.26 Å². The van der Waals surface area contributed by atoms with E-state index in [4.69, 9.17) is 10.00 Å². The van der Waals surface area contributed by atoms with Gasteiger partial charge in [0, 0.05) is 25.6 Å². The van der Waals surface area contributed by atoms with Crippen LogP contribution in [-0.4, -0.2) is 31.5 Å². The average Bonchev–Trinajstić information content (AvgIpc) is 2.65. The molecule has 1 N–H and O–H groups in total. The van der Waals surface area contributed by atoms with Gasteiger partial charge in [-0.2, -0.15) is 5.26 Å². The smallest absolute Gasteiger partial charge is 0.267 e. The molecule has 2 amide bonds. The summed E-state index contributed by atoms with van der Waals surface area (Å²) in [7, 11) is 1.71. The molecule has 1 heterocycles. The van der Waals surface area contributed by atoms with Crippen LogP contribution in [0, 0.1) is 11.3 Å². The maximum atomic E-state index is 12.4. The Bertz CT molecular complexity index is 857. The minimum Gasteiger partial charge on any atom is -0.478 e. The molecular weight excluding hydrogens is 318 g/mol. The van der Waals surface area contributed by atoms with E-state index in [9.17, 15) is 9.59 Å². The van der Waals surface area contributed by atoms with Crippen molar-refractivity contribution >= 4 is 17.5 Å². The zero-order valence-corrected chi connectivity index (χ0v) is 13.7. The van der Waals surface area contributed by atoms with E-state index in [1.165, 1.54) is 6.07 Å². The van der Waals surface area contributed by atoms with Gasteiger partial charge in [0.1, 0.15) is 5.75 Å². The molecule has 1 unspecified atom stereocenters. The third kappa shape index (κ3) is 3.45. The van der Waals surface area contributed by atoms with Crippen molar-refractivity contribution in [3.05, 3.63) is 59.7 Å². The van der Waals surface area contributed by atoms with Gasteiger partial charge in [-0.1, -0.05) is 18.2 Å². The van der Waals surface area contributed by atoms with E-state index in [2.05, 4.69) is 5.32 Å². The second kappa shape index (κ2) is 7.05. The molecule has 0 fully saturated rings. The van der Waals surface area contributed by atoms with Crippen LogP contribution in [-0.2, 0) is 4.79 Å². The Labute approximate surface area is 145 Å². The first-order valence-corrected chi connectivity index (χ1v) is 7.92. The number of nitriles is 1. The highest BCUT2D eigenvalue weighted by Crippen LogP contribution is 2.33. The summed E-state index contributed by atoms with van der Waals surface area (Å²) >= 11 is 0. The number of anilines is 1. The standard InChI is InChI=1S/C19H17N3O3/c1-22-15-7-2-3-8-16(15)25-17(19(22)24)9-10-21-18(23)14-6-4-5-13(11-14)12-20/h2-8,11,17H,9-10H2,1H3,(H,21,23). The molecule has 126 valence electrons. The van der Waals surface area contributed by atoms with Crippen molar-refractivity contribution in [2.24, 2.45) is 0 Å². The van der Waals surface area contributed by atoms with Crippen LogP contribution in [0.4, 0.5) is 5.69 Å². The molecule has 0 radical (unpaired) electrons. The molecule has 0 spiro atoms. The van der Waals surface area contributed by atoms with Crippen molar-refractivity contribution in [1.82, 2.24) is 5.32 Å². The van der Waals surface area contributed by atoms with E-state index in [1.54, 1.807) is 30.1 Å². The quantitative estimate of drug-likeness (QED) is 0.927. The molecule has 2 aromatic rings. The fraction of sp³-hybridized carbons (Fsp3) is 0.211. The van der Waals surface area contributed by atoms with Crippen LogP contribution in [0.5, 0.6) is 5.75 Å². The fourth-order valence-corrected chi connectivity index (χ4v) is 2.70. The Hall–Kier alpha value is -3.33. The van der Waals surface area contributed by atoms with Gasteiger partial charge in [-0.25, -0.2) is 0 Å². The number of benzene rings is 2. The normalized spacial score (nSPS) is 15.8. The van der Waals surface area contributed by atoms with Gasteiger partial charge >= 0.3 is 0 Å². The highest BCUT2D eigenvalue weighted by atomic mass is 16.5. The van der Waals surface area contributed by atoms with Gasteiger partial charge in [-0.05, 0) is 30.3 Å². The molecule has 0 saturated heterocycles. The van der Waals surface area contributed by atoms with Crippen molar-refractivity contribution in [3.8, 4) is 11.8 Å². The lowest BCUT2D eigenvalue weighted by Crippen LogP contribution is -2.45. The summed E-state index contributed by atoms with van der Waals surface area (Å²) in [5, 5.41) is 11.6. The van der Waals surface area contributed by atoms with Gasteiger partial charge in [0.15, 0.2) is 6.10 Å². The van der Waals surface area contributed by atoms with Gasteiger partial charge in [0.25, 0.3) is 11.8 Å². The van der Waals surface area contributed by atoms with Crippen LogP contribution in [0.2, 0.25) is 0 Å². The number of nitrogens with one attached hydrogen (secondary N) is 1. The van der Waals surface area contributed by atoms with Crippen LogP contribution in [0.15, 0.2) is 48.5 Å². The molecule has 6 heteroatoms. The highest BCUT2D eigenvalue weighted by molar-refractivity contribution is 5.99. The zero-order valence-electron chi connectivity index (χ0n) is 13.7. The number of ether oxygens (including phenoxy) is 1. The van der Waals surface area contributed by atoms with Crippen molar-refractivity contribution < 1.29 is 14.3 Å².